The number of esters is 1. The van der Waals surface area contributed by atoms with Crippen LogP contribution in [-0.2, 0) is 9.53 Å². The Morgan fingerprint density at radius 2 is 2.24 bits per heavy atom. The number of carbonyl (C=O) groups excluding carboxylic acids is 1. The molecule has 6 nitrogen and oxygen atoms in total. The largest absolute Gasteiger partial charge is 0.469 e. The molecule has 0 unspecified atom stereocenters. The third kappa shape index (κ3) is 3.66. The highest BCUT2D eigenvalue weighted by Gasteiger charge is 2.44. The van der Waals surface area contributed by atoms with E-state index in [-0.39, 0.29) is 22.0 Å². The van der Waals surface area contributed by atoms with E-state index in [9.17, 15) is 14.9 Å². The normalized spacial score (nSPS) is 15.3. The second-order valence-corrected chi connectivity index (χ2v) is 6.22. The molecule has 0 spiro atoms. The van der Waals surface area contributed by atoms with E-state index in [2.05, 4.69) is 5.32 Å². The first-order chi connectivity index (χ1) is 10.0. The van der Waals surface area contributed by atoms with E-state index in [4.69, 9.17) is 4.74 Å². The molecule has 0 aromatic heterocycles. The number of hydrogen-bond donors (Lipinski definition) is 1. The Balaban J connectivity index is 2.10. The molecule has 0 bridgehead atoms. The van der Waals surface area contributed by atoms with Crippen molar-refractivity contribution < 1.29 is 14.5 Å². The number of nitro groups is 1. The lowest BCUT2D eigenvalue weighted by atomic mass is 10.1. The van der Waals surface area contributed by atoms with E-state index in [1.807, 2.05) is 0 Å². The minimum atomic E-state index is -0.367. The zero-order valence-electron chi connectivity index (χ0n) is 12.0. The van der Waals surface area contributed by atoms with Gasteiger partial charge in [0.1, 0.15) is 5.69 Å². The highest BCUT2D eigenvalue weighted by atomic mass is 32.2. The van der Waals surface area contributed by atoms with Gasteiger partial charge in [0.05, 0.1) is 23.3 Å². The fourth-order valence-corrected chi connectivity index (χ4v) is 3.54. The molecule has 2 rings (SSSR count). The average Bonchev–Trinajstić information content (AvgIpc) is 3.24. The number of thioether (sulfide) groups is 1. The first-order valence-electron chi connectivity index (χ1n) is 6.66. The molecule has 1 N–H and O–H groups in total. The fraction of sp³-hybridized carbons (Fsp3) is 0.500. The van der Waals surface area contributed by atoms with E-state index in [1.165, 1.54) is 18.9 Å². The lowest BCUT2D eigenvalue weighted by Crippen LogP contribution is -2.13. The average molecular weight is 310 g/mol. The van der Waals surface area contributed by atoms with Gasteiger partial charge >= 0.3 is 11.7 Å². The zero-order chi connectivity index (χ0) is 15.5. The van der Waals surface area contributed by atoms with Gasteiger partial charge in [-0.15, -0.1) is 11.8 Å². The maximum atomic E-state index is 11.4. The Labute approximate surface area is 127 Å². The van der Waals surface area contributed by atoms with Crippen molar-refractivity contribution in [2.45, 2.75) is 24.2 Å². The summed E-state index contributed by atoms with van der Waals surface area (Å²) in [6, 6.07) is 5.22. The topological polar surface area (TPSA) is 81.5 Å². The molecule has 0 saturated heterocycles. The Bertz CT molecular complexity index is 558. The number of benzene rings is 1. The third-order valence-corrected chi connectivity index (χ3v) is 5.09. The molecule has 0 atom stereocenters. The highest BCUT2D eigenvalue weighted by molar-refractivity contribution is 7.99. The van der Waals surface area contributed by atoms with Crippen LogP contribution in [0.2, 0.25) is 0 Å². The predicted octanol–water partition coefficient (Wildman–Crippen LogP) is 3.07. The molecule has 1 aromatic rings. The summed E-state index contributed by atoms with van der Waals surface area (Å²) in [6.45, 7) is 0. The molecule has 0 radical (unpaired) electrons. The standard InChI is InChI=1S/C14H18N2O4S/c1-15-10-4-3-5-11(13(10)16(18)19)21-9-14(6-7-14)8-12(17)20-2/h3-5,15H,6-9H2,1-2H3. The molecule has 0 amide bonds. The predicted molar refractivity (Wildman–Crippen MR) is 81.7 cm³/mol. The summed E-state index contributed by atoms with van der Waals surface area (Å²) in [7, 11) is 3.04. The van der Waals surface area contributed by atoms with Crippen molar-refractivity contribution in [1.29, 1.82) is 0 Å². The molecule has 7 heteroatoms. The second-order valence-electron chi connectivity index (χ2n) is 5.20. The molecule has 1 aliphatic carbocycles. The van der Waals surface area contributed by atoms with E-state index in [0.29, 0.717) is 22.8 Å². The van der Waals surface area contributed by atoms with Gasteiger partial charge in [0.25, 0.3) is 0 Å². The van der Waals surface area contributed by atoms with Gasteiger partial charge in [0.2, 0.25) is 0 Å². The van der Waals surface area contributed by atoms with Crippen LogP contribution < -0.4 is 5.32 Å². The number of carbonyl (C=O) groups is 1. The van der Waals surface area contributed by atoms with Crippen LogP contribution in [0.5, 0.6) is 0 Å². The number of methoxy groups -OCH3 is 1. The second kappa shape index (κ2) is 6.34. The Hall–Kier alpha value is -1.76. The summed E-state index contributed by atoms with van der Waals surface area (Å²) in [4.78, 5) is 22.9. The number of para-hydroxylation sites is 1. The van der Waals surface area contributed by atoms with Crippen LogP contribution in [0, 0.1) is 15.5 Å². The lowest BCUT2D eigenvalue weighted by molar-refractivity contribution is -0.386. The van der Waals surface area contributed by atoms with Gasteiger partial charge in [0, 0.05) is 12.8 Å². The minimum absolute atomic E-state index is 0.0543. The summed E-state index contributed by atoms with van der Waals surface area (Å²) < 4.78 is 4.71. The van der Waals surface area contributed by atoms with Crippen molar-refractivity contribution in [2.24, 2.45) is 5.41 Å². The minimum Gasteiger partial charge on any atom is -0.469 e. The smallest absolute Gasteiger partial charge is 0.306 e. The van der Waals surface area contributed by atoms with Gasteiger partial charge in [-0.1, -0.05) is 6.07 Å². The van der Waals surface area contributed by atoms with Crippen molar-refractivity contribution in [1.82, 2.24) is 0 Å². The van der Waals surface area contributed by atoms with E-state index in [1.54, 1.807) is 25.2 Å². The van der Waals surface area contributed by atoms with Crippen LogP contribution in [0.1, 0.15) is 19.3 Å². The summed E-state index contributed by atoms with van der Waals surface area (Å²) in [6.07, 6.45) is 2.32. The number of ether oxygens (including phenoxy) is 1. The van der Waals surface area contributed by atoms with E-state index in [0.717, 1.165) is 12.8 Å². The van der Waals surface area contributed by atoms with Crippen molar-refractivity contribution >= 4 is 29.1 Å². The number of nitro benzene ring substituents is 1. The third-order valence-electron chi connectivity index (χ3n) is 3.69. The van der Waals surface area contributed by atoms with Crippen LogP contribution in [0.3, 0.4) is 0 Å². The molecule has 1 aliphatic rings. The molecule has 114 valence electrons. The number of rotatable bonds is 7. The van der Waals surface area contributed by atoms with Gasteiger partial charge < -0.3 is 10.1 Å². The molecular formula is C14H18N2O4S. The van der Waals surface area contributed by atoms with Crippen molar-refractivity contribution in [3.8, 4) is 0 Å². The SMILES string of the molecule is CNc1cccc(SCC2(CC(=O)OC)CC2)c1[N+](=O)[O-]. The van der Waals surface area contributed by atoms with Gasteiger partial charge in [-0.2, -0.15) is 0 Å². The fourth-order valence-electron chi connectivity index (χ4n) is 2.19. The molecule has 0 heterocycles. The van der Waals surface area contributed by atoms with Crippen molar-refractivity contribution in [3.05, 3.63) is 28.3 Å². The Morgan fingerprint density at radius 3 is 2.76 bits per heavy atom. The quantitative estimate of drug-likeness (QED) is 0.361. The van der Waals surface area contributed by atoms with Gasteiger partial charge in [-0.25, -0.2) is 0 Å². The van der Waals surface area contributed by atoms with Crippen LogP contribution in [-0.4, -0.2) is 30.8 Å². The first-order valence-corrected chi connectivity index (χ1v) is 7.65. The molecule has 1 fully saturated rings. The number of nitrogens with one attached hydrogen (secondary N) is 1. The summed E-state index contributed by atoms with van der Waals surface area (Å²) >= 11 is 1.44. The number of anilines is 1. The molecule has 21 heavy (non-hydrogen) atoms. The summed E-state index contributed by atoms with van der Waals surface area (Å²) in [5, 5.41) is 14.1. The Morgan fingerprint density at radius 1 is 1.52 bits per heavy atom. The van der Waals surface area contributed by atoms with E-state index >= 15 is 0 Å². The first kappa shape index (κ1) is 15.6. The highest BCUT2D eigenvalue weighted by Crippen LogP contribution is 2.53. The zero-order valence-corrected chi connectivity index (χ0v) is 12.9. The van der Waals surface area contributed by atoms with Gasteiger partial charge in [0.15, 0.2) is 0 Å². The van der Waals surface area contributed by atoms with Crippen molar-refractivity contribution in [2.75, 3.05) is 25.2 Å². The van der Waals surface area contributed by atoms with Crippen LogP contribution in [0.25, 0.3) is 0 Å². The monoisotopic (exact) mass is 310 g/mol. The van der Waals surface area contributed by atoms with Crippen LogP contribution >= 0.6 is 11.8 Å². The number of hydrogen-bond acceptors (Lipinski definition) is 6. The summed E-state index contributed by atoms with van der Waals surface area (Å²) in [5.74, 6) is 0.474. The van der Waals surface area contributed by atoms with E-state index < -0.39 is 0 Å². The Kier molecular flexibility index (Phi) is 4.72. The van der Waals surface area contributed by atoms with Gasteiger partial charge in [-0.05, 0) is 30.4 Å². The molecular weight excluding hydrogens is 292 g/mol. The molecule has 1 aromatic carbocycles. The van der Waals surface area contributed by atoms with Crippen LogP contribution in [0.15, 0.2) is 23.1 Å². The summed E-state index contributed by atoms with van der Waals surface area (Å²) in [5.41, 5.74) is 0.544. The lowest BCUT2D eigenvalue weighted by Gasteiger charge is -2.13. The maximum Gasteiger partial charge on any atom is 0.306 e. The van der Waals surface area contributed by atoms with Crippen molar-refractivity contribution in [3.63, 3.8) is 0 Å². The maximum absolute atomic E-state index is 11.4. The molecule has 1 saturated carbocycles. The number of nitrogens with zero attached hydrogens (tertiary/aromatic N) is 1. The van der Waals surface area contributed by atoms with Crippen LogP contribution in [0.4, 0.5) is 11.4 Å². The van der Waals surface area contributed by atoms with Gasteiger partial charge in [-0.3, -0.25) is 14.9 Å². The molecule has 0 aliphatic heterocycles.